The molecule has 1 aromatic heterocycles. The topological polar surface area (TPSA) is 74.3 Å². The number of halogens is 1. The molecule has 0 saturated carbocycles. The maximum atomic E-state index is 14.4. The normalized spacial score (nSPS) is 16.7. The molecule has 0 radical (unpaired) electrons. The molecule has 27 heavy (non-hydrogen) atoms. The third-order valence-electron chi connectivity index (χ3n) is 4.75. The van der Waals surface area contributed by atoms with Gasteiger partial charge in [0.1, 0.15) is 5.82 Å². The predicted molar refractivity (Wildman–Crippen MR) is 103 cm³/mol. The lowest BCUT2D eigenvalue weighted by Gasteiger charge is -2.42. The third-order valence-corrected chi connectivity index (χ3v) is 5.62. The fraction of sp³-hybridized carbons (Fsp3) is 0.421. The molecule has 1 aliphatic heterocycles. The van der Waals surface area contributed by atoms with Crippen molar-refractivity contribution in [2.75, 3.05) is 25.0 Å². The van der Waals surface area contributed by atoms with Gasteiger partial charge in [0.05, 0.1) is 17.8 Å². The quantitative estimate of drug-likeness (QED) is 0.823. The first-order valence-electron chi connectivity index (χ1n) is 8.86. The summed E-state index contributed by atoms with van der Waals surface area (Å²) in [5, 5.41) is 8.23. The molecule has 0 aliphatic carbocycles. The molecular weight excluding hydrogens is 367 g/mol. The highest BCUT2D eigenvalue weighted by Crippen LogP contribution is 2.34. The Hall–Kier alpha value is -2.32. The number of rotatable bonds is 5. The Kier molecular flexibility index (Phi) is 5.86. The molecule has 3 rings (SSSR count). The lowest BCUT2D eigenvalue weighted by molar-refractivity contribution is -0.122. The minimum atomic E-state index is -0.740. The molecule has 2 N–H and O–H groups in total. The second-order valence-corrected chi connectivity index (χ2v) is 7.72. The van der Waals surface area contributed by atoms with Crippen molar-refractivity contribution in [3.63, 3.8) is 0 Å². The zero-order valence-electron chi connectivity index (χ0n) is 15.4. The number of hydrogen-bond acceptors (Lipinski definition) is 5. The molecular formula is C19H23FN4O2S. The number of hydrogen-bond donors (Lipinski definition) is 2. The van der Waals surface area contributed by atoms with E-state index in [2.05, 4.69) is 15.6 Å². The second-order valence-electron chi connectivity index (χ2n) is 6.86. The molecule has 1 aromatic carbocycles. The number of anilines is 1. The molecule has 1 saturated heterocycles. The van der Waals surface area contributed by atoms with Crippen molar-refractivity contribution < 1.29 is 14.0 Å². The molecule has 2 heterocycles. The standard InChI is InChI=1S/C19H23FN4O2S/c1-13-12-27-18(21-13)22-17(26)11-24-9-7-19(8-10-24,23-14(2)25)15-5-3-4-6-16(15)20/h3-6,12H,7-11H2,1-2H3,(H,23,25)(H,21,22,26). The van der Waals surface area contributed by atoms with Crippen molar-refractivity contribution in [2.45, 2.75) is 32.2 Å². The van der Waals surface area contributed by atoms with Crippen LogP contribution in [0.4, 0.5) is 9.52 Å². The maximum absolute atomic E-state index is 14.4. The lowest BCUT2D eigenvalue weighted by Crippen LogP contribution is -2.53. The van der Waals surface area contributed by atoms with E-state index in [1.807, 2.05) is 17.2 Å². The van der Waals surface area contributed by atoms with Crippen LogP contribution < -0.4 is 10.6 Å². The van der Waals surface area contributed by atoms with Gasteiger partial charge in [0.15, 0.2) is 5.13 Å². The summed E-state index contributed by atoms with van der Waals surface area (Å²) >= 11 is 1.39. The first-order valence-corrected chi connectivity index (χ1v) is 9.74. The van der Waals surface area contributed by atoms with Gasteiger partial charge in [-0.3, -0.25) is 14.5 Å². The summed E-state index contributed by atoms with van der Waals surface area (Å²) in [7, 11) is 0. The van der Waals surface area contributed by atoms with Crippen LogP contribution in [0.15, 0.2) is 29.6 Å². The molecule has 0 bridgehead atoms. The van der Waals surface area contributed by atoms with E-state index in [0.717, 1.165) is 5.69 Å². The van der Waals surface area contributed by atoms with Crippen molar-refractivity contribution in [2.24, 2.45) is 0 Å². The number of aryl methyl sites for hydroxylation is 1. The first kappa shape index (κ1) is 19.4. The van der Waals surface area contributed by atoms with Crippen molar-refractivity contribution in [3.05, 3.63) is 46.7 Å². The van der Waals surface area contributed by atoms with Crippen LogP contribution >= 0.6 is 11.3 Å². The number of likely N-dealkylation sites (tertiary alicyclic amines) is 1. The Balaban J connectivity index is 1.65. The lowest BCUT2D eigenvalue weighted by atomic mass is 9.80. The smallest absolute Gasteiger partial charge is 0.240 e. The summed E-state index contributed by atoms with van der Waals surface area (Å²) in [4.78, 5) is 30.2. The van der Waals surface area contributed by atoms with Crippen LogP contribution in [0.3, 0.4) is 0 Å². The summed E-state index contributed by atoms with van der Waals surface area (Å²) < 4.78 is 14.4. The van der Waals surface area contributed by atoms with Crippen LogP contribution in [0.2, 0.25) is 0 Å². The molecule has 2 amide bonds. The zero-order chi connectivity index (χ0) is 19.4. The molecule has 1 fully saturated rings. The maximum Gasteiger partial charge on any atom is 0.240 e. The second kappa shape index (κ2) is 8.14. The molecule has 8 heteroatoms. The number of piperidine rings is 1. The molecule has 0 unspecified atom stereocenters. The number of carbonyl (C=O) groups excluding carboxylic acids is 2. The molecule has 0 spiro atoms. The van der Waals surface area contributed by atoms with Gasteiger partial charge in [-0.05, 0) is 25.8 Å². The Labute approximate surface area is 161 Å². The van der Waals surface area contributed by atoms with E-state index in [4.69, 9.17) is 0 Å². The van der Waals surface area contributed by atoms with Crippen molar-refractivity contribution in [1.82, 2.24) is 15.2 Å². The van der Waals surface area contributed by atoms with Crippen LogP contribution in [0.5, 0.6) is 0 Å². The number of nitrogens with one attached hydrogen (secondary N) is 2. The Morgan fingerprint density at radius 1 is 1.30 bits per heavy atom. The van der Waals surface area contributed by atoms with Crippen molar-refractivity contribution in [3.8, 4) is 0 Å². The van der Waals surface area contributed by atoms with Crippen LogP contribution in [0.1, 0.15) is 31.0 Å². The van der Waals surface area contributed by atoms with Crippen LogP contribution in [-0.2, 0) is 15.1 Å². The summed E-state index contributed by atoms with van der Waals surface area (Å²) in [6, 6.07) is 6.55. The first-order chi connectivity index (χ1) is 12.9. The highest BCUT2D eigenvalue weighted by molar-refractivity contribution is 7.13. The van der Waals surface area contributed by atoms with E-state index in [1.54, 1.807) is 18.2 Å². The Bertz CT molecular complexity index is 831. The Morgan fingerprint density at radius 3 is 2.59 bits per heavy atom. The fourth-order valence-electron chi connectivity index (χ4n) is 3.51. The summed E-state index contributed by atoms with van der Waals surface area (Å²) in [5.74, 6) is -0.637. The van der Waals surface area contributed by atoms with Crippen molar-refractivity contribution in [1.29, 1.82) is 0 Å². The molecule has 1 aliphatic rings. The number of benzene rings is 1. The largest absolute Gasteiger partial charge is 0.347 e. The van der Waals surface area contributed by atoms with Gasteiger partial charge in [0.2, 0.25) is 11.8 Å². The van der Waals surface area contributed by atoms with Gasteiger partial charge >= 0.3 is 0 Å². The highest BCUT2D eigenvalue weighted by atomic mass is 32.1. The summed E-state index contributed by atoms with van der Waals surface area (Å²) in [6.45, 7) is 4.73. The highest BCUT2D eigenvalue weighted by Gasteiger charge is 2.39. The number of thiazole rings is 1. The van der Waals surface area contributed by atoms with E-state index in [1.165, 1.54) is 24.3 Å². The van der Waals surface area contributed by atoms with Crippen LogP contribution in [0.25, 0.3) is 0 Å². The number of aromatic nitrogens is 1. The molecule has 144 valence electrons. The SMILES string of the molecule is CC(=O)NC1(c2ccccc2F)CCN(CC(=O)Nc2nc(C)cs2)CC1. The van der Waals surface area contributed by atoms with E-state index >= 15 is 0 Å². The monoisotopic (exact) mass is 390 g/mol. The van der Waals surface area contributed by atoms with Gasteiger partial charge in [-0.1, -0.05) is 18.2 Å². The summed E-state index contributed by atoms with van der Waals surface area (Å²) in [5.41, 5.74) is 0.636. The third kappa shape index (κ3) is 4.70. The van der Waals surface area contributed by atoms with E-state index in [9.17, 15) is 14.0 Å². The van der Waals surface area contributed by atoms with Gasteiger partial charge in [0.25, 0.3) is 0 Å². The van der Waals surface area contributed by atoms with Crippen LogP contribution in [0, 0.1) is 12.7 Å². The number of amides is 2. The van der Waals surface area contributed by atoms with Gasteiger partial charge in [-0.2, -0.15) is 0 Å². The van der Waals surface area contributed by atoms with Gasteiger partial charge in [-0.25, -0.2) is 9.37 Å². The molecule has 2 aromatic rings. The molecule has 6 nitrogen and oxygen atoms in total. The van der Waals surface area contributed by atoms with Gasteiger partial charge in [0, 0.05) is 31.0 Å². The average Bonchev–Trinajstić information content (AvgIpc) is 3.01. The molecule has 0 atom stereocenters. The number of nitrogens with zero attached hydrogens (tertiary/aromatic N) is 2. The van der Waals surface area contributed by atoms with Crippen molar-refractivity contribution >= 4 is 28.3 Å². The zero-order valence-corrected chi connectivity index (χ0v) is 16.2. The summed E-state index contributed by atoms with van der Waals surface area (Å²) in [6.07, 6.45) is 1.08. The van der Waals surface area contributed by atoms with Crippen LogP contribution in [-0.4, -0.2) is 41.3 Å². The minimum absolute atomic E-state index is 0.123. The fourth-order valence-corrected chi connectivity index (χ4v) is 4.22. The predicted octanol–water partition coefficient (Wildman–Crippen LogP) is 2.66. The number of carbonyl (C=O) groups is 2. The minimum Gasteiger partial charge on any atom is -0.347 e. The van der Waals surface area contributed by atoms with Gasteiger partial charge < -0.3 is 10.6 Å². The average molecular weight is 390 g/mol. The van der Waals surface area contributed by atoms with Gasteiger partial charge in [-0.15, -0.1) is 11.3 Å². The van der Waals surface area contributed by atoms with E-state index in [0.29, 0.717) is 36.6 Å². The van der Waals surface area contributed by atoms with E-state index in [-0.39, 0.29) is 24.2 Å². The Morgan fingerprint density at radius 2 is 2.00 bits per heavy atom. The van der Waals surface area contributed by atoms with E-state index < -0.39 is 5.54 Å².